The molecule has 1 rings (SSSR count). The van der Waals surface area contributed by atoms with Crippen LogP contribution >= 0.6 is 27.5 Å². The Balaban J connectivity index is 2.80. The Hall–Kier alpha value is -1.07. The van der Waals surface area contributed by atoms with Crippen molar-refractivity contribution in [1.29, 1.82) is 0 Å². The molecule has 17 heavy (non-hydrogen) atoms. The number of carbonyl (C=O) groups is 1. The third kappa shape index (κ3) is 4.75. The van der Waals surface area contributed by atoms with Crippen molar-refractivity contribution in [2.45, 2.75) is 6.92 Å². The lowest BCUT2D eigenvalue weighted by Crippen LogP contribution is -2.18. The molecule has 0 fully saturated rings. The molecule has 92 valence electrons. The van der Waals surface area contributed by atoms with Crippen LogP contribution in [-0.2, 0) is 4.79 Å². The molecule has 0 saturated heterocycles. The molecular weight excluding hydrogens is 307 g/mol. The molecule has 0 atom stereocenters. The molecule has 0 unspecified atom stereocenters. The van der Waals surface area contributed by atoms with Gasteiger partial charge in [-0.15, -0.1) is 11.6 Å². The van der Waals surface area contributed by atoms with Gasteiger partial charge in [-0.05, 0) is 25.1 Å². The molecular formula is C11H12BrClN2O2. The van der Waals surface area contributed by atoms with E-state index in [9.17, 15) is 4.79 Å². The van der Waals surface area contributed by atoms with Crippen LogP contribution < -0.4 is 10.2 Å². The van der Waals surface area contributed by atoms with Crippen LogP contribution in [0.1, 0.15) is 12.5 Å². The van der Waals surface area contributed by atoms with Crippen LogP contribution in [0.2, 0.25) is 0 Å². The zero-order chi connectivity index (χ0) is 12.7. The van der Waals surface area contributed by atoms with E-state index in [0.29, 0.717) is 12.4 Å². The minimum Gasteiger partial charge on any atom is -0.493 e. The third-order valence-corrected chi connectivity index (χ3v) is 2.52. The number of benzene rings is 1. The third-order valence-electron chi connectivity index (χ3n) is 1.79. The Morgan fingerprint density at radius 2 is 2.41 bits per heavy atom. The first-order valence-corrected chi connectivity index (χ1v) is 6.30. The van der Waals surface area contributed by atoms with Crippen molar-refractivity contribution in [3.63, 3.8) is 0 Å². The van der Waals surface area contributed by atoms with Crippen molar-refractivity contribution in [2.24, 2.45) is 5.10 Å². The summed E-state index contributed by atoms with van der Waals surface area (Å²) >= 11 is 8.68. The average Bonchev–Trinajstić information content (AvgIpc) is 2.32. The zero-order valence-corrected chi connectivity index (χ0v) is 11.6. The fourth-order valence-electron chi connectivity index (χ4n) is 1.11. The first-order chi connectivity index (χ1) is 8.17. The summed E-state index contributed by atoms with van der Waals surface area (Å²) in [6.45, 7) is 2.47. The van der Waals surface area contributed by atoms with Gasteiger partial charge in [-0.1, -0.05) is 15.9 Å². The summed E-state index contributed by atoms with van der Waals surface area (Å²) in [5.74, 6) is 0.240. The second-order valence-electron chi connectivity index (χ2n) is 3.04. The molecule has 0 spiro atoms. The first-order valence-electron chi connectivity index (χ1n) is 4.97. The van der Waals surface area contributed by atoms with E-state index in [1.54, 1.807) is 0 Å². The molecule has 1 aromatic carbocycles. The van der Waals surface area contributed by atoms with Gasteiger partial charge in [-0.2, -0.15) is 5.10 Å². The van der Waals surface area contributed by atoms with Crippen LogP contribution in [0, 0.1) is 0 Å². The van der Waals surface area contributed by atoms with E-state index in [1.165, 1.54) is 6.21 Å². The molecule has 0 aliphatic heterocycles. The Labute approximate surface area is 113 Å². The average molecular weight is 320 g/mol. The minimum absolute atomic E-state index is 0.117. The number of hydrogen-bond acceptors (Lipinski definition) is 3. The van der Waals surface area contributed by atoms with Gasteiger partial charge in [-0.25, -0.2) is 5.43 Å². The van der Waals surface area contributed by atoms with Crippen LogP contribution in [0.3, 0.4) is 0 Å². The number of carbonyl (C=O) groups excluding carboxylic acids is 1. The molecule has 6 heteroatoms. The van der Waals surface area contributed by atoms with Crippen LogP contribution in [0.25, 0.3) is 0 Å². The molecule has 1 aromatic rings. The first kappa shape index (κ1) is 14.0. The largest absolute Gasteiger partial charge is 0.493 e. The maximum absolute atomic E-state index is 10.9. The van der Waals surface area contributed by atoms with Crippen molar-refractivity contribution >= 4 is 39.7 Å². The van der Waals surface area contributed by atoms with Crippen molar-refractivity contribution in [3.05, 3.63) is 28.2 Å². The SMILES string of the molecule is CCOc1ccc(Br)cc1C=NNC(=O)CCl. The van der Waals surface area contributed by atoms with E-state index in [1.807, 2.05) is 25.1 Å². The number of rotatable bonds is 5. The summed E-state index contributed by atoms with van der Waals surface area (Å²) in [5, 5.41) is 3.79. The zero-order valence-electron chi connectivity index (χ0n) is 9.24. The summed E-state index contributed by atoms with van der Waals surface area (Å²) in [7, 11) is 0. The molecule has 1 N–H and O–H groups in total. The van der Waals surface area contributed by atoms with Gasteiger partial charge < -0.3 is 4.74 Å². The van der Waals surface area contributed by atoms with Gasteiger partial charge in [0.2, 0.25) is 0 Å². The Bertz CT molecular complexity index is 424. The highest BCUT2D eigenvalue weighted by atomic mass is 79.9. The Morgan fingerprint density at radius 1 is 1.65 bits per heavy atom. The van der Waals surface area contributed by atoms with Crippen LogP contribution in [0.5, 0.6) is 5.75 Å². The predicted octanol–water partition coefficient (Wildman–Crippen LogP) is 2.54. The van der Waals surface area contributed by atoms with E-state index in [2.05, 4.69) is 26.5 Å². The molecule has 0 heterocycles. The van der Waals surface area contributed by atoms with E-state index < -0.39 is 0 Å². The summed E-state index contributed by atoms with van der Waals surface area (Å²) in [4.78, 5) is 10.9. The van der Waals surface area contributed by atoms with Gasteiger partial charge in [0.15, 0.2) is 0 Å². The number of halogens is 2. The maximum Gasteiger partial charge on any atom is 0.254 e. The highest BCUT2D eigenvalue weighted by molar-refractivity contribution is 9.10. The topological polar surface area (TPSA) is 50.7 Å². The van der Waals surface area contributed by atoms with Gasteiger partial charge in [0.1, 0.15) is 11.6 Å². The molecule has 4 nitrogen and oxygen atoms in total. The number of hydrazone groups is 1. The summed E-state index contributed by atoms with van der Waals surface area (Å²) in [5.41, 5.74) is 3.07. The molecule has 1 amide bonds. The number of hydrogen-bond donors (Lipinski definition) is 1. The van der Waals surface area contributed by atoms with Crippen LogP contribution in [0.15, 0.2) is 27.8 Å². The second-order valence-corrected chi connectivity index (χ2v) is 4.22. The number of nitrogens with one attached hydrogen (secondary N) is 1. The lowest BCUT2D eigenvalue weighted by Gasteiger charge is -2.06. The van der Waals surface area contributed by atoms with Gasteiger partial charge in [0.05, 0.1) is 12.8 Å². The normalized spacial score (nSPS) is 10.5. The van der Waals surface area contributed by atoms with Gasteiger partial charge in [0, 0.05) is 10.0 Å². The monoisotopic (exact) mass is 318 g/mol. The standard InChI is InChI=1S/C11H12BrClN2O2/c1-2-17-10-4-3-9(12)5-8(10)7-14-15-11(16)6-13/h3-5,7H,2,6H2,1H3,(H,15,16). The predicted molar refractivity (Wildman–Crippen MR) is 71.8 cm³/mol. The summed E-state index contributed by atoms with van der Waals surface area (Å²) in [6, 6.07) is 5.55. The van der Waals surface area contributed by atoms with E-state index in [-0.39, 0.29) is 11.8 Å². The molecule has 0 bridgehead atoms. The van der Waals surface area contributed by atoms with E-state index in [0.717, 1.165) is 10.0 Å². The molecule has 0 aliphatic carbocycles. The number of nitrogens with zero attached hydrogens (tertiary/aromatic N) is 1. The molecule has 0 aliphatic rings. The fraction of sp³-hybridized carbons (Fsp3) is 0.273. The van der Waals surface area contributed by atoms with Crippen molar-refractivity contribution in [2.75, 3.05) is 12.5 Å². The molecule has 0 radical (unpaired) electrons. The number of amides is 1. The lowest BCUT2D eigenvalue weighted by molar-refractivity contribution is -0.118. The van der Waals surface area contributed by atoms with Crippen LogP contribution in [-0.4, -0.2) is 24.6 Å². The molecule has 0 aromatic heterocycles. The van der Waals surface area contributed by atoms with Crippen molar-refractivity contribution in [1.82, 2.24) is 5.43 Å². The Morgan fingerprint density at radius 3 is 3.06 bits per heavy atom. The molecule has 0 saturated carbocycles. The highest BCUT2D eigenvalue weighted by Crippen LogP contribution is 2.21. The summed E-state index contributed by atoms with van der Waals surface area (Å²) in [6.07, 6.45) is 1.51. The van der Waals surface area contributed by atoms with Crippen molar-refractivity contribution in [3.8, 4) is 5.75 Å². The van der Waals surface area contributed by atoms with Crippen LogP contribution in [0.4, 0.5) is 0 Å². The van der Waals surface area contributed by atoms with Gasteiger partial charge >= 0.3 is 0 Å². The minimum atomic E-state index is -0.351. The Kier molecular flexibility index (Phi) is 6.00. The van der Waals surface area contributed by atoms with Gasteiger partial charge in [-0.3, -0.25) is 4.79 Å². The summed E-state index contributed by atoms with van der Waals surface area (Å²) < 4.78 is 6.33. The fourth-order valence-corrected chi connectivity index (χ4v) is 1.55. The smallest absolute Gasteiger partial charge is 0.254 e. The van der Waals surface area contributed by atoms with Crippen molar-refractivity contribution < 1.29 is 9.53 Å². The number of ether oxygens (including phenoxy) is 1. The lowest BCUT2D eigenvalue weighted by atomic mass is 10.2. The maximum atomic E-state index is 10.9. The number of alkyl halides is 1. The quantitative estimate of drug-likeness (QED) is 0.515. The second kappa shape index (κ2) is 7.29. The highest BCUT2D eigenvalue weighted by Gasteiger charge is 2.02. The van der Waals surface area contributed by atoms with Gasteiger partial charge in [0.25, 0.3) is 5.91 Å². The van der Waals surface area contributed by atoms with E-state index in [4.69, 9.17) is 16.3 Å². The van der Waals surface area contributed by atoms with E-state index >= 15 is 0 Å².